The lowest BCUT2D eigenvalue weighted by molar-refractivity contribution is -0.139. The van der Waals surface area contributed by atoms with Crippen LogP contribution in [-0.4, -0.2) is 44.0 Å². The number of sulfonamides is 1. The molecular weight excluding hydrogens is 426 g/mol. The van der Waals surface area contributed by atoms with E-state index in [9.17, 15) is 18.3 Å². The van der Waals surface area contributed by atoms with Crippen molar-refractivity contribution < 1.29 is 18.3 Å². The fourth-order valence-corrected chi connectivity index (χ4v) is 6.79. The van der Waals surface area contributed by atoms with Crippen molar-refractivity contribution in [3.8, 4) is 0 Å². The number of carbonyl (C=O) groups is 1. The molecule has 8 heteroatoms. The third-order valence-electron chi connectivity index (χ3n) is 6.93. The van der Waals surface area contributed by atoms with E-state index in [0.717, 1.165) is 70.8 Å². The van der Waals surface area contributed by atoms with Crippen LogP contribution >= 0.6 is 0 Å². The van der Waals surface area contributed by atoms with Crippen LogP contribution in [-0.2, 0) is 14.8 Å². The first-order chi connectivity index (χ1) is 15.4. The van der Waals surface area contributed by atoms with Crippen molar-refractivity contribution in [1.29, 1.82) is 0 Å². The van der Waals surface area contributed by atoms with Gasteiger partial charge in [-0.05, 0) is 69.1 Å². The minimum Gasteiger partial charge on any atom is -0.480 e. The number of piperidine rings is 1. The highest BCUT2D eigenvalue weighted by Crippen LogP contribution is 2.25. The summed E-state index contributed by atoms with van der Waals surface area (Å²) >= 11 is 0. The van der Waals surface area contributed by atoms with E-state index < -0.39 is 22.0 Å². The molecule has 0 radical (unpaired) electrons. The number of nitrogens with one attached hydrogen (secondary N) is 3. The molecule has 3 rings (SSSR count). The van der Waals surface area contributed by atoms with Gasteiger partial charge in [0.05, 0.1) is 11.9 Å². The molecule has 0 aromatic heterocycles. The molecule has 4 N–H and O–H groups in total. The summed E-state index contributed by atoms with van der Waals surface area (Å²) in [6.45, 7) is 1.07. The Morgan fingerprint density at radius 2 is 1.81 bits per heavy atom. The van der Waals surface area contributed by atoms with E-state index in [1.807, 2.05) is 0 Å². The van der Waals surface area contributed by atoms with Crippen molar-refractivity contribution in [3.63, 3.8) is 0 Å². The van der Waals surface area contributed by atoms with Crippen molar-refractivity contribution in [2.75, 3.05) is 12.3 Å². The van der Waals surface area contributed by atoms with Gasteiger partial charge >= 0.3 is 5.97 Å². The molecule has 2 aliphatic heterocycles. The first-order valence-electron chi connectivity index (χ1n) is 12.6. The molecule has 2 fully saturated rings. The van der Waals surface area contributed by atoms with Gasteiger partial charge in [-0.25, -0.2) is 13.1 Å². The Morgan fingerprint density at radius 1 is 1.06 bits per heavy atom. The Hall–Kier alpha value is -1.38. The third kappa shape index (κ3) is 8.52. The first kappa shape index (κ1) is 25.2. The summed E-state index contributed by atoms with van der Waals surface area (Å²) in [6, 6.07) is -1.01. The van der Waals surface area contributed by atoms with E-state index in [2.05, 4.69) is 27.5 Å². The van der Waals surface area contributed by atoms with Crippen LogP contribution in [0.1, 0.15) is 89.9 Å². The fraction of sp³-hybridized carbons (Fsp3) is 0.792. The topological polar surface area (TPSA) is 108 Å². The van der Waals surface area contributed by atoms with Crippen molar-refractivity contribution in [2.45, 2.75) is 102 Å². The zero-order valence-corrected chi connectivity index (χ0v) is 20.1. The lowest BCUT2D eigenvalue weighted by atomic mass is 9.91. The van der Waals surface area contributed by atoms with Gasteiger partial charge in [0.1, 0.15) is 6.04 Å². The molecule has 0 aromatic rings. The lowest BCUT2D eigenvalue weighted by Crippen LogP contribution is -2.47. The highest BCUT2D eigenvalue weighted by atomic mass is 32.2. The normalized spacial score (nSPS) is 22.9. The van der Waals surface area contributed by atoms with Crippen LogP contribution in [0.15, 0.2) is 23.4 Å². The van der Waals surface area contributed by atoms with Crippen molar-refractivity contribution >= 4 is 16.0 Å². The zero-order chi connectivity index (χ0) is 22.8. The minimum atomic E-state index is -3.55. The molecule has 0 amide bonds. The summed E-state index contributed by atoms with van der Waals surface area (Å²) in [4.78, 5) is 11.6. The molecule has 2 heterocycles. The van der Waals surface area contributed by atoms with Crippen LogP contribution in [0.25, 0.3) is 0 Å². The van der Waals surface area contributed by atoms with Crippen LogP contribution in [0.2, 0.25) is 0 Å². The quantitative estimate of drug-likeness (QED) is 0.307. The Morgan fingerprint density at radius 3 is 2.59 bits per heavy atom. The molecule has 182 valence electrons. The maximum Gasteiger partial charge on any atom is 0.321 e. The fourth-order valence-electron chi connectivity index (χ4n) is 5.09. The molecule has 7 nitrogen and oxygen atoms in total. The Kier molecular flexibility index (Phi) is 10.1. The average molecular weight is 468 g/mol. The molecule has 0 aromatic carbocycles. The molecule has 2 atom stereocenters. The van der Waals surface area contributed by atoms with E-state index >= 15 is 0 Å². The second-order valence-electron chi connectivity index (χ2n) is 9.67. The van der Waals surface area contributed by atoms with Gasteiger partial charge in [0.15, 0.2) is 0 Å². The summed E-state index contributed by atoms with van der Waals surface area (Å²) in [5.41, 5.74) is 2.73. The number of rotatable bonds is 13. The highest BCUT2D eigenvalue weighted by molar-refractivity contribution is 7.89. The Labute approximate surface area is 193 Å². The summed E-state index contributed by atoms with van der Waals surface area (Å²) in [5.74, 6) is -0.843. The molecule has 1 saturated heterocycles. The monoisotopic (exact) mass is 467 g/mol. The van der Waals surface area contributed by atoms with Gasteiger partial charge in [-0.3, -0.25) is 10.1 Å². The van der Waals surface area contributed by atoms with Crippen molar-refractivity contribution in [3.05, 3.63) is 23.4 Å². The SMILES string of the molecule is O=C(O)[C@H](CCCCCCCC1=CC=C2CCCNC2N1)NS(=O)(=O)CC1CCCCC1. The van der Waals surface area contributed by atoms with Crippen molar-refractivity contribution in [1.82, 2.24) is 15.4 Å². The van der Waals surface area contributed by atoms with Gasteiger partial charge < -0.3 is 10.4 Å². The van der Waals surface area contributed by atoms with E-state index in [1.165, 1.54) is 30.5 Å². The van der Waals surface area contributed by atoms with Crippen LogP contribution in [0.3, 0.4) is 0 Å². The van der Waals surface area contributed by atoms with Gasteiger partial charge in [-0.1, -0.05) is 51.0 Å². The van der Waals surface area contributed by atoms with Gasteiger partial charge in [0.2, 0.25) is 10.0 Å². The predicted molar refractivity (Wildman–Crippen MR) is 128 cm³/mol. The molecule has 32 heavy (non-hydrogen) atoms. The minimum absolute atomic E-state index is 0.0632. The maximum absolute atomic E-state index is 12.4. The van der Waals surface area contributed by atoms with E-state index in [1.54, 1.807) is 0 Å². The van der Waals surface area contributed by atoms with E-state index in [-0.39, 0.29) is 11.7 Å². The third-order valence-corrected chi connectivity index (χ3v) is 8.48. The van der Waals surface area contributed by atoms with Gasteiger partial charge in [0, 0.05) is 5.70 Å². The number of dihydropyridines is 1. The molecule has 1 aliphatic carbocycles. The number of carboxylic acids is 1. The standard InChI is InChI=1S/C24H41N3O4S/c28-24(29)22(27-32(30,31)18-19-10-5-4-6-11-19)14-8-3-1-2-7-13-21-16-15-20-12-9-17-25-23(20)26-21/h15-16,19,22-23,25-27H,1-14,17-18H2,(H,28,29)/t22-,23?/m0/s1. The van der Waals surface area contributed by atoms with Gasteiger partial charge in [0.25, 0.3) is 0 Å². The first-order valence-corrected chi connectivity index (χ1v) is 14.2. The van der Waals surface area contributed by atoms with Gasteiger partial charge in [-0.15, -0.1) is 0 Å². The number of fused-ring (bicyclic) bond motifs is 1. The molecule has 1 unspecified atom stereocenters. The lowest BCUT2D eigenvalue weighted by Gasteiger charge is -2.32. The van der Waals surface area contributed by atoms with Crippen LogP contribution < -0.4 is 15.4 Å². The summed E-state index contributed by atoms with van der Waals surface area (Å²) in [6.07, 6.45) is 18.6. The van der Waals surface area contributed by atoms with Crippen LogP contribution in [0.4, 0.5) is 0 Å². The Balaban J connectivity index is 1.29. The van der Waals surface area contributed by atoms with Crippen LogP contribution in [0, 0.1) is 5.92 Å². The van der Waals surface area contributed by atoms with E-state index in [0.29, 0.717) is 12.6 Å². The number of allylic oxidation sites excluding steroid dienone is 3. The second kappa shape index (κ2) is 12.8. The molecule has 0 bridgehead atoms. The second-order valence-corrected chi connectivity index (χ2v) is 11.5. The summed E-state index contributed by atoms with van der Waals surface area (Å²) < 4.78 is 27.3. The summed E-state index contributed by atoms with van der Waals surface area (Å²) in [5, 5.41) is 16.6. The van der Waals surface area contributed by atoms with Crippen molar-refractivity contribution in [2.24, 2.45) is 5.92 Å². The smallest absolute Gasteiger partial charge is 0.321 e. The molecule has 3 aliphatic rings. The highest BCUT2D eigenvalue weighted by Gasteiger charge is 2.27. The summed E-state index contributed by atoms with van der Waals surface area (Å²) in [7, 11) is -3.55. The number of unbranched alkanes of at least 4 members (excludes halogenated alkanes) is 4. The van der Waals surface area contributed by atoms with Crippen LogP contribution in [0.5, 0.6) is 0 Å². The van der Waals surface area contributed by atoms with Gasteiger partial charge in [-0.2, -0.15) is 0 Å². The Bertz CT molecular complexity index is 772. The number of hydrogen-bond acceptors (Lipinski definition) is 5. The van der Waals surface area contributed by atoms with E-state index in [4.69, 9.17) is 0 Å². The number of aliphatic carboxylic acids is 1. The molecular formula is C24H41N3O4S. The largest absolute Gasteiger partial charge is 0.480 e. The number of carboxylic acid groups (broad SMARTS) is 1. The number of hydrogen-bond donors (Lipinski definition) is 4. The average Bonchev–Trinajstić information content (AvgIpc) is 2.77. The molecule has 1 saturated carbocycles. The zero-order valence-electron chi connectivity index (χ0n) is 19.3. The predicted octanol–water partition coefficient (Wildman–Crippen LogP) is 3.79. The molecule has 0 spiro atoms. The maximum atomic E-state index is 12.4.